The lowest BCUT2D eigenvalue weighted by molar-refractivity contribution is 0.394. The van der Waals surface area contributed by atoms with Gasteiger partial charge in [-0.2, -0.15) is 0 Å². The van der Waals surface area contributed by atoms with Crippen LogP contribution in [-0.4, -0.2) is 13.7 Å². The molecule has 1 aromatic carbocycles. The van der Waals surface area contributed by atoms with Gasteiger partial charge in [0.2, 0.25) is 0 Å². The second-order valence-corrected chi connectivity index (χ2v) is 4.50. The van der Waals surface area contributed by atoms with Crippen LogP contribution in [0.25, 0.3) is 0 Å². The van der Waals surface area contributed by atoms with Crippen LogP contribution < -0.4 is 10.1 Å². The molecule has 1 atom stereocenters. The van der Waals surface area contributed by atoms with Gasteiger partial charge in [-0.1, -0.05) is 44.4 Å². The van der Waals surface area contributed by atoms with E-state index in [1.807, 2.05) is 0 Å². The van der Waals surface area contributed by atoms with E-state index < -0.39 is 0 Å². The minimum absolute atomic E-state index is 0.412. The first-order chi connectivity index (χ1) is 8.22. The smallest absolute Gasteiger partial charge is 0.123 e. The van der Waals surface area contributed by atoms with E-state index >= 15 is 0 Å². The molecule has 0 amide bonds. The van der Waals surface area contributed by atoms with E-state index in [2.05, 4.69) is 44.3 Å². The number of unbranched alkanes of at least 4 members (excludes halogenated alkanes) is 1. The van der Waals surface area contributed by atoms with Crippen molar-refractivity contribution in [3.05, 3.63) is 29.3 Å². The van der Waals surface area contributed by atoms with Crippen LogP contribution in [0.3, 0.4) is 0 Å². The highest BCUT2D eigenvalue weighted by molar-refractivity contribution is 5.39. The van der Waals surface area contributed by atoms with Gasteiger partial charge in [0, 0.05) is 11.6 Å². The van der Waals surface area contributed by atoms with Gasteiger partial charge >= 0.3 is 0 Å². The highest BCUT2D eigenvalue weighted by Crippen LogP contribution is 2.29. The molecular formula is C15H25NO. The fraction of sp³-hybridized carbons (Fsp3) is 0.600. The van der Waals surface area contributed by atoms with Crippen LogP contribution >= 0.6 is 0 Å². The van der Waals surface area contributed by atoms with E-state index in [0.717, 1.165) is 12.3 Å². The Balaban J connectivity index is 2.93. The van der Waals surface area contributed by atoms with Crippen molar-refractivity contribution in [1.82, 2.24) is 5.32 Å². The Morgan fingerprint density at radius 2 is 2.06 bits per heavy atom. The summed E-state index contributed by atoms with van der Waals surface area (Å²) in [6.07, 6.45) is 3.65. The molecule has 0 radical (unpaired) electrons. The van der Waals surface area contributed by atoms with Gasteiger partial charge in [-0.3, -0.25) is 0 Å². The molecule has 0 heterocycles. The summed E-state index contributed by atoms with van der Waals surface area (Å²) in [5, 5.41) is 3.56. The van der Waals surface area contributed by atoms with Crippen molar-refractivity contribution in [1.29, 1.82) is 0 Å². The van der Waals surface area contributed by atoms with Crippen LogP contribution in [0.4, 0.5) is 0 Å². The van der Waals surface area contributed by atoms with Gasteiger partial charge in [0.25, 0.3) is 0 Å². The molecule has 0 aliphatic heterocycles. The lowest BCUT2D eigenvalue weighted by Gasteiger charge is -2.21. The zero-order chi connectivity index (χ0) is 12.7. The lowest BCUT2D eigenvalue weighted by Crippen LogP contribution is -2.21. The molecule has 1 aromatic rings. The van der Waals surface area contributed by atoms with Crippen LogP contribution in [0, 0.1) is 6.92 Å². The molecule has 2 heteroatoms. The molecule has 0 saturated heterocycles. The van der Waals surface area contributed by atoms with Gasteiger partial charge in [-0.05, 0) is 26.0 Å². The summed E-state index contributed by atoms with van der Waals surface area (Å²) in [6.45, 7) is 7.51. The van der Waals surface area contributed by atoms with Crippen molar-refractivity contribution in [2.24, 2.45) is 0 Å². The number of methoxy groups -OCH3 is 1. The molecule has 1 N–H and O–H groups in total. The van der Waals surface area contributed by atoms with Crippen molar-refractivity contribution in [3.63, 3.8) is 0 Å². The molecule has 0 aromatic heterocycles. The molecule has 17 heavy (non-hydrogen) atoms. The Hall–Kier alpha value is -1.02. The largest absolute Gasteiger partial charge is 0.496 e. The Kier molecular flexibility index (Phi) is 6.06. The maximum Gasteiger partial charge on any atom is 0.123 e. The summed E-state index contributed by atoms with van der Waals surface area (Å²) in [5.41, 5.74) is 2.59. The number of rotatable bonds is 7. The molecule has 1 unspecified atom stereocenters. The highest BCUT2D eigenvalue weighted by atomic mass is 16.5. The summed E-state index contributed by atoms with van der Waals surface area (Å²) >= 11 is 0. The predicted molar refractivity (Wildman–Crippen MR) is 73.7 cm³/mol. The van der Waals surface area contributed by atoms with Crippen molar-refractivity contribution < 1.29 is 4.74 Å². The van der Waals surface area contributed by atoms with Crippen LogP contribution in [-0.2, 0) is 0 Å². The van der Waals surface area contributed by atoms with Crippen LogP contribution in [0.15, 0.2) is 18.2 Å². The SMILES string of the molecule is CCCCC(NCC)c1cc(C)ccc1OC. The van der Waals surface area contributed by atoms with Gasteiger partial charge in [0.1, 0.15) is 5.75 Å². The fourth-order valence-electron chi connectivity index (χ4n) is 2.15. The summed E-state index contributed by atoms with van der Waals surface area (Å²) in [6, 6.07) is 6.82. The van der Waals surface area contributed by atoms with E-state index in [9.17, 15) is 0 Å². The van der Waals surface area contributed by atoms with Crippen molar-refractivity contribution in [2.45, 2.75) is 46.1 Å². The van der Waals surface area contributed by atoms with Crippen LogP contribution in [0.5, 0.6) is 5.75 Å². The quantitative estimate of drug-likeness (QED) is 0.775. The summed E-state index contributed by atoms with van der Waals surface area (Å²) in [4.78, 5) is 0. The van der Waals surface area contributed by atoms with Crippen molar-refractivity contribution >= 4 is 0 Å². The molecule has 0 fully saturated rings. The normalized spacial score (nSPS) is 12.5. The highest BCUT2D eigenvalue weighted by Gasteiger charge is 2.14. The first-order valence-corrected chi connectivity index (χ1v) is 6.60. The average molecular weight is 235 g/mol. The zero-order valence-electron chi connectivity index (χ0n) is 11.5. The fourth-order valence-corrected chi connectivity index (χ4v) is 2.15. The van der Waals surface area contributed by atoms with Crippen molar-refractivity contribution in [2.75, 3.05) is 13.7 Å². The summed E-state index contributed by atoms with van der Waals surface area (Å²) < 4.78 is 5.47. The second-order valence-electron chi connectivity index (χ2n) is 4.50. The van der Waals surface area contributed by atoms with E-state index in [1.54, 1.807) is 7.11 Å². The van der Waals surface area contributed by atoms with Gasteiger partial charge in [0.05, 0.1) is 7.11 Å². The molecule has 0 aliphatic carbocycles. The Labute approximate surface area is 105 Å². The molecule has 0 bridgehead atoms. The van der Waals surface area contributed by atoms with E-state index in [0.29, 0.717) is 6.04 Å². The number of nitrogens with one attached hydrogen (secondary N) is 1. The molecule has 1 rings (SSSR count). The van der Waals surface area contributed by atoms with Gasteiger partial charge in [-0.15, -0.1) is 0 Å². The number of hydrogen-bond donors (Lipinski definition) is 1. The topological polar surface area (TPSA) is 21.3 Å². The maximum atomic E-state index is 5.47. The summed E-state index contributed by atoms with van der Waals surface area (Å²) in [7, 11) is 1.75. The molecule has 2 nitrogen and oxygen atoms in total. The van der Waals surface area contributed by atoms with E-state index in [-0.39, 0.29) is 0 Å². The Morgan fingerprint density at radius 3 is 2.65 bits per heavy atom. The van der Waals surface area contributed by atoms with E-state index in [1.165, 1.54) is 30.4 Å². The van der Waals surface area contributed by atoms with Crippen LogP contribution in [0.1, 0.15) is 50.3 Å². The number of hydrogen-bond acceptors (Lipinski definition) is 2. The third-order valence-electron chi connectivity index (χ3n) is 3.06. The van der Waals surface area contributed by atoms with Gasteiger partial charge in [0.15, 0.2) is 0 Å². The van der Waals surface area contributed by atoms with Gasteiger partial charge in [-0.25, -0.2) is 0 Å². The van der Waals surface area contributed by atoms with Crippen LogP contribution in [0.2, 0.25) is 0 Å². The lowest BCUT2D eigenvalue weighted by atomic mass is 9.98. The molecule has 0 aliphatic rings. The predicted octanol–water partition coefficient (Wildman–Crippen LogP) is 3.84. The standard InChI is InChI=1S/C15H25NO/c1-5-7-8-14(16-6-2)13-11-12(3)9-10-15(13)17-4/h9-11,14,16H,5-8H2,1-4H3. The maximum absolute atomic E-state index is 5.47. The molecule has 0 spiro atoms. The molecular weight excluding hydrogens is 210 g/mol. The minimum Gasteiger partial charge on any atom is -0.496 e. The third-order valence-corrected chi connectivity index (χ3v) is 3.06. The third kappa shape index (κ3) is 4.04. The average Bonchev–Trinajstić information content (AvgIpc) is 2.34. The van der Waals surface area contributed by atoms with E-state index in [4.69, 9.17) is 4.74 Å². The molecule has 0 saturated carbocycles. The molecule has 96 valence electrons. The Bertz CT molecular complexity index is 336. The van der Waals surface area contributed by atoms with Crippen molar-refractivity contribution in [3.8, 4) is 5.75 Å². The summed E-state index contributed by atoms with van der Waals surface area (Å²) in [5.74, 6) is 0.998. The van der Waals surface area contributed by atoms with Gasteiger partial charge < -0.3 is 10.1 Å². The second kappa shape index (κ2) is 7.33. The monoisotopic (exact) mass is 235 g/mol. The Morgan fingerprint density at radius 1 is 1.29 bits per heavy atom. The minimum atomic E-state index is 0.412. The number of ether oxygens (including phenoxy) is 1. The zero-order valence-corrected chi connectivity index (χ0v) is 11.5. The number of aryl methyl sites for hydroxylation is 1. The first-order valence-electron chi connectivity index (χ1n) is 6.60. The number of benzene rings is 1. The first kappa shape index (κ1) is 14.0.